The first-order valence-corrected chi connectivity index (χ1v) is 11.3. The highest BCUT2D eigenvalue weighted by molar-refractivity contribution is 8.00. The lowest BCUT2D eigenvalue weighted by atomic mass is 9.91. The van der Waals surface area contributed by atoms with Gasteiger partial charge in [-0.15, -0.1) is 0 Å². The number of aromatic nitrogens is 1. The molecule has 1 aromatic heterocycles. The number of methoxy groups -OCH3 is 1. The molecule has 0 atom stereocenters. The maximum Gasteiger partial charge on any atom is 0.234 e. The summed E-state index contributed by atoms with van der Waals surface area (Å²) in [6.45, 7) is 1.61. The van der Waals surface area contributed by atoms with Crippen LogP contribution in [-0.4, -0.2) is 42.2 Å². The van der Waals surface area contributed by atoms with E-state index in [2.05, 4.69) is 23.3 Å². The highest BCUT2D eigenvalue weighted by Crippen LogP contribution is 2.40. The second-order valence-corrected chi connectivity index (χ2v) is 8.56. The number of nitrogens with zero attached hydrogens (tertiary/aromatic N) is 3. The number of likely N-dealkylation sites (N-methyl/N-ethyl adjacent to an activating group) is 1. The number of para-hydroxylation sites is 2. The molecule has 1 amide bonds. The third-order valence-electron chi connectivity index (χ3n) is 5.39. The number of hydrogen-bond acceptors (Lipinski definition) is 6. The third kappa shape index (κ3) is 4.62. The summed E-state index contributed by atoms with van der Waals surface area (Å²) in [5.41, 5.74) is 4.99. The Kier molecular flexibility index (Phi) is 6.74. The molecule has 1 aliphatic rings. The van der Waals surface area contributed by atoms with E-state index in [0.717, 1.165) is 41.0 Å². The molecule has 0 spiro atoms. The van der Waals surface area contributed by atoms with Gasteiger partial charge in [-0.3, -0.25) is 4.79 Å². The van der Waals surface area contributed by atoms with E-state index in [1.165, 1.54) is 11.8 Å². The molecule has 0 aliphatic carbocycles. The molecule has 6 nitrogen and oxygen atoms in total. The zero-order chi connectivity index (χ0) is 22.5. The smallest absolute Gasteiger partial charge is 0.234 e. The number of hydrogen-bond donors (Lipinski definition) is 1. The number of nitrogens with one attached hydrogen (secondary N) is 1. The standard InChI is InChI=1S/C25H24N4O2S/c1-29-13-12-21-20(15-29)24(18-10-6-7-11-22(18)31-2)19(14-26)25(28-21)32-16-23(30)27-17-8-4-3-5-9-17/h3-11H,12-13,15-16H2,1-2H3,(H,27,30). The van der Waals surface area contributed by atoms with Crippen LogP contribution in [0.2, 0.25) is 0 Å². The lowest BCUT2D eigenvalue weighted by Crippen LogP contribution is -2.28. The molecule has 0 saturated carbocycles. The monoisotopic (exact) mass is 444 g/mol. The number of nitriles is 1. The Bertz CT molecular complexity index is 1170. The summed E-state index contributed by atoms with van der Waals surface area (Å²) in [6, 6.07) is 19.4. The van der Waals surface area contributed by atoms with E-state index in [4.69, 9.17) is 9.72 Å². The van der Waals surface area contributed by atoms with Gasteiger partial charge in [-0.1, -0.05) is 48.2 Å². The van der Waals surface area contributed by atoms with E-state index >= 15 is 0 Å². The largest absolute Gasteiger partial charge is 0.496 e. The van der Waals surface area contributed by atoms with Crippen LogP contribution in [0.25, 0.3) is 11.1 Å². The van der Waals surface area contributed by atoms with Crippen molar-refractivity contribution in [3.8, 4) is 22.9 Å². The van der Waals surface area contributed by atoms with Crippen LogP contribution in [0.1, 0.15) is 16.8 Å². The molecule has 1 N–H and O–H groups in total. The van der Waals surface area contributed by atoms with Crippen LogP contribution in [0.5, 0.6) is 5.75 Å². The van der Waals surface area contributed by atoms with Gasteiger partial charge < -0.3 is 15.0 Å². The SMILES string of the molecule is COc1ccccc1-c1c(C#N)c(SCC(=O)Nc2ccccc2)nc2c1CN(C)CC2. The molecule has 0 fully saturated rings. The molecule has 2 heterocycles. The first-order chi connectivity index (χ1) is 15.6. The van der Waals surface area contributed by atoms with E-state index in [-0.39, 0.29) is 11.7 Å². The van der Waals surface area contributed by atoms with Crippen molar-refractivity contribution in [2.24, 2.45) is 0 Å². The van der Waals surface area contributed by atoms with Gasteiger partial charge in [0.2, 0.25) is 5.91 Å². The van der Waals surface area contributed by atoms with E-state index in [1.54, 1.807) is 7.11 Å². The minimum atomic E-state index is -0.136. The van der Waals surface area contributed by atoms with Crippen LogP contribution in [0.4, 0.5) is 5.69 Å². The molecule has 0 unspecified atom stereocenters. The van der Waals surface area contributed by atoms with E-state index in [1.807, 2.05) is 54.6 Å². The van der Waals surface area contributed by atoms with Crippen molar-refractivity contribution < 1.29 is 9.53 Å². The maximum absolute atomic E-state index is 12.5. The van der Waals surface area contributed by atoms with Gasteiger partial charge in [-0.25, -0.2) is 4.98 Å². The second-order valence-electron chi connectivity index (χ2n) is 7.59. The average molecular weight is 445 g/mol. The second kappa shape index (κ2) is 9.86. The summed E-state index contributed by atoms with van der Waals surface area (Å²) in [7, 11) is 3.70. The van der Waals surface area contributed by atoms with Gasteiger partial charge in [0.25, 0.3) is 0 Å². The molecule has 4 rings (SSSR count). The first-order valence-electron chi connectivity index (χ1n) is 10.4. The summed E-state index contributed by atoms with van der Waals surface area (Å²) in [5, 5.41) is 13.6. The Morgan fingerprint density at radius 3 is 2.72 bits per heavy atom. The number of carbonyl (C=O) groups is 1. The predicted octanol–water partition coefficient (Wildman–Crippen LogP) is 4.35. The summed E-state index contributed by atoms with van der Waals surface area (Å²) in [6.07, 6.45) is 0.795. The zero-order valence-electron chi connectivity index (χ0n) is 18.1. The Balaban J connectivity index is 1.72. The highest BCUT2D eigenvalue weighted by atomic mass is 32.2. The van der Waals surface area contributed by atoms with Crippen molar-refractivity contribution in [2.75, 3.05) is 31.8 Å². The third-order valence-corrected chi connectivity index (χ3v) is 6.37. The molecule has 162 valence electrons. The fraction of sp³-hybridized carbons (Fsp3) is 0.240. The van der Waals surface area contributed by atoms with Crippen LogP contribution in [0, 0.1) is 11.3 Å². The van der Waals surface area contributed by atoms with Gasteiger partial charge in [-0.05, 0) is 30.8 Å². The van der Waals surface area contributed by atoms with Gasteiger partial charge >= 0.3 is 0 Å². The van der Waals surface area contributed by atoms with Gasteiger partial charge in [0, 0.05) is 42.0 Å². The number of amides is 1. The van der Waals surface area contributed by atoms with Crippen molar-refractivity contribution >= 4 is 23.4 Å². The lowest BCUT2D eigenvalue weighted by Gasteiger charge is -2.28. The van der Waals surface area contributed by atoms with Crippen molar-refractivity contribution in [1.29, 1.82) is 5.26 Å². The molecule has 32 heavy (non-hydrogen) atoms. The average Bonchev–Trinajstić information content (AvgIpc) is 2.82. The van der Waals surface area contributed by atoms with Crippen molar-refractivity contribution in [3.63, 3.8) is 0 Å². The minimum absolute atomic E-state index is 0.136. The number of benzene rings is 2. The topological polar surface area (TPSA) is 78.2 Å². The van der Waals surface area contributed by atoms with Crippen molar-refractivity contribution in [3.05, 3.63) is 71.4 Å². The minimum Gasteiger partial charge on any atom is -0.496 e. The lowest BCUT2D eigenvalue weighted by molar-refractivity contribution is -0.113. The number of rotatable bonds is 6. The van der Waals surface area contributed by atoms with E-state index < -0.39 is 0 Å². The summed E-state index contributed by atoms with van der Waals surface area (Å²) < 4.78 is 5.61. The molecule has 3 aromatic rings. The number of ether oxygens (including phenoxy) is 1. The molecule has 1 aliphatic heterocycles. The van der Waals surface area contributed by atoms with Crippen molar-refractivity contribution in [1.82, 2.24) is 9.88 Å². The number of pyridine rings is 1. The molecule has 2 aromatic carbocycles. The Morgan fingerprint density at radius 1 is 1.22 bits per heavy atom. The Morgan fingerprint density at radius 2 is 1.97 bits per heavy atom. The van der Waals surface area contributed by atoms with Crippen LogP contribution < -0.4 is 10.1 Å². The van der Waals surface area contributed by atoms with Gasteiger partial charge in [0.05, 0.1) is 18.4 Å². The number of thioether (sulfide) groups is 1. The number of fused-ring (bicyclic) bond motifs is 1. The molecular weight excluding hydrogens is 420 g/mol. The van der Waals surface area contributed by atoms with Gasteiger partial charge in [0.15, 0.2) is 0 Å². The van der Waals surface area contributed by atoms with Crippen LogP contribution >= 0.6 is 11.8 Å². The molecular formula is C25H24N4O2S. The van der Waals surface area contributed by atoms with E-state index in [9.17, 15) is 10.1 Å². The fourth-order valence-corrected chi connectivity index (χ4v) is 4.69. The first kappa shape index (κ1) is 21.9. The predicted molar refractivity (Wildman–Crippen MR) is 127 cm³/mol. The number of anilines is 1. The van der Waals surface area contributed by atoms with E-state index in [0.29, 0.717) is 22.9 Å². The molecule has 0 bridgehead atoms. The van der Waals surface area contributed by atoms with Crippen LogP contribution in [0.3, 0.4) is 0 Å². The quantitative estimate of drug-likeness (QED) is 0.570. The summed E-state index contributed by atoms with van der Waals surface area (Å²) >= 11 is 1.29. The highest BCUT2D eigenvalue weighted by Gasteiger charge is 2.26. The summed E-state index contributed by atoms with van der Waals surface area (Å²) in [4.78, 5) is 19.6. The van der Waals surface area contributed by atoms with Crippen LogP contribution in [0.15, 0.2) is 59.6 Å². The molecule has 0 radical (unpaired) electrons. The Labute approximate surface area is 192 Å². The zero-order valence-corrected chi connectivity index (χ0v) is 18.9. The summed E-state index contributed by atoms with van der Waals surface area (Å²) in [5.74, 6) is 0.743. The Hall–Kier alpha value is -3.34. The maximum atomic E-state index is 12.5. The fourth-order valence-electron chi connectivity index (χ4n) is 3.88. The molecule has 0 saturated heterocycles. The van der Waals surface area contributed by atoms with Crippen LogP contribution in [-0.2, 0) is 17.8 Å². The van der Waals surface area contributed by atoms with Gasteiger partial charge in [0.1, 0.15) is 16.8 Å². The van der Waals surface area contributed by atoms with Crippen molar-refractivity contribution in [2.45, 2.75) is 18.0 Å². The normalized spacial score (nSPS) is 13.2. The van der Waals surface area contributed by atoms with Gasteiger partial charge in [-0.2, -0.15) is 5.26 Å². The molecule has 7 heteroatoms. The number of carbonyl (C=O) groups excluding carboxylic acids is 1.